The quantitative estimate of drug-likeness (QED) is 0.208. The summed E-state index contributed by atoms with van der Waals surface area (Å²) in [5.74, 6) is -0.0566. The summed E-state index contributed by atoms with van der Waals surface area (Å²) in [7, 11) is 1.52. The molecule has 1 unspecified atom stereocenters. The molecule has 1 aliphatic heterocycles. The number of para-hydroxylation sites is 1. The Bertz CT molecular complexity index is 1470. The predicted octanol–water partition coefficient (Wildman–Crippen LogP) is 5.50. The van der Waals surface area contributed by atoms with Gasteiger partial charge in [-0.2, -0.15) is 0 Å². The van der Waals surface area contributed by atoms with Crippen LogP contribution in [0.4, 0.5) is 0 Å². The van der Waals surface area contributed by atoms with Crippen LogP contribution in [0, 0.1) is 0 Å². The van der Waals surface area contributed by atoms with Gasteiger partial charge >= 0.3 is 0 Å². The van der Waals surface area contributed by atoms with Crippen LogP contribution in [0.5, 0.6) is 17.2 Å². The van der Waals surface area contributed by atoms with E-state index < -0.39 is 17.7 Å². The monoisotopic (exact) mass is 492 g/mol. The minimum Gasteiger partial charge on any atom is -0.507 e. The number of methoxy groups -OCH3 is 1. The SMILES string of the molecule is COc1cccc(/C(O)=C2/C(=O)C(=O)N(Cc3ccccn3)C2c2cccc(Oc3ccccc3)c2)c1. The second kappa shape index (κ2) is 10.4. The Morgan fingerprint density at radius 1 is 0.865 bits per heavy atom. The highest BCUT2D eigenvalue weighted by Crippen LogP contribution is 2.41. The summed E-state index contributed by atoms with van der Waals surface area (Å²) in [6.07, 6.45) is 1.63. The van der Waals surface area contributed by atoms with Gasteiger partial charge in [0.05, 0.1) is 31.0 Å². The molecule has 1 amide bonds. The highest BCUT2D eigenvalue weighted by Gasteiger charge is 2.46. The van der Waals surface area contributed by atoms with Crippen LogP contribution in [0.3, 0.4) is 0 Å². The molecule has 1 saturated heterocycles. The van der Waals surface area contributed by atoms with E-state index in [0.717, 1.165) is 0 Å². The second-order valence-corrected chi connectivity index (χ2v) is 8.47. The van der Waals surface area contributed by atoms with E-state index in [9.17, 15) is 14.7 Å². The third-order valence-electron chi connectivity index (χ3n) is 6.09. The zero-order valence-electron chi connectivity index (χ0n) is 20.1. The number of rotatable bonds is 7. The normalized spacial score (nSPS) is 16.6. The summed E-state index contributed by atoms with van der Waals surface area (Å²) in [6, 6.07) is 27.7. The van der Waals surface area contributed by atoms with Crippen LogP contribution in [-0.4, -0.2) is 33.8 Å². The molecule has 4 aromatic rings. The first kappa shape index (κ1) is 23.8. The molecule has 2 heterocycles. The molecule has 37 heavy (non-hydrogen) atoms. The molecule has 1 N–H and O–H groups in total. The Hall–Kier alpha value is -4.91. The average Bonchev–Trinajstić information content (AvgIpc) is 3.19. The first-order valence-corrected chi connectivity index (χ1v) is 11.7. The lowest BCUT2D eigenvalue weighted by atomic mass is 9.95. The number of aromatic nitrogens is 1. The average molecular weight is 493 g/mol. The number of likely N-dealkylation sites (tertiary alicyclic amines) is 1. The van der Waals surface area contributed by atoms with Gasteiger partial charge in [0.15, 0.2) is 0 Å². The van der Waals surface area contributed by atoms with Crippen molar-refractivity contribution in [1.29, 1.82) is 0 Å². The molecule has 0 bridgehead atoms. The number of amides is 1. The molecule has 0 radical (unpaired) electrons. The van der Waals surface area contributed by atoms with Gasteiger partial charge in [0.25, 0.3) is 11.7 Å². The van der Waals surface area contributed by atoms with Crippen molar-refractivity contribution in [2.24, 2.45) is 0 Å². The molecule has 1 aromatic heterocycles. The Balaban J connectivity index is 1.62. The fourth-order valence-corrected chi connectivity index (χ4v) is 4.35. The molecule has 1 aliphatic rings. The summed E-state index contributed by atoms with van der Waals surface area (Å²) in [5.41, 5.74) is 1.60. The van der Waals surface area contributed by atoms with E-state index in [0.29, 0.717) is 34.1 Å². The number of hydrogen-bond donors (Lipinski definition) is 1. The van der Waals surface area contributed by atoms with Crippen molar-refractivity contribution in [3.8, 4) is 17.2 Å². The van der Waals surface area contributed by atoms with Crippen LogP contribution < -0.4 is 9.47 Å². The molecular weight excluding hydrogens is 468 g/mol. The number of aliphatic hydroxyl groups excluding tert-OH is 1. The van der Waals surface area contributed by atoms with Gasteiger partial charge < -0.3 is 19.5 Å². The number of ether oxygens (including phenoxy) is 2. The fourth-order valence-electron chi connectivity index (χ4n) is 4.35. The summed E-state index contributed by atoms with van der Waals surface area (Å²) < 4.78 is 11.3. The highest BCUT2D eigenvalue weighted by molar-refractivity contribution is 6.46. The van der Waals surface area contributed by atoms with Gasteiger partial charge in [-0.05, 0) is 54.1 Å². The van der Waals surface area contributed by atoms with Crippen molar-refractivity contribution in [2.45, 2.75) is 12.6 Å². The topological polar surface area (TPSA) is 89.0 Å². The van der Waals surface area contributed by atoms with Crippen molar-refractivity contribution < 1.29 is 24.2 Å². The number of carbonyl (C=O) groups excluding carboxylic acids is 2. The fraction of sp³-hybridized carbons (Fsp3) is 0.100. The lowest BCUT2D eigenvalue weighted by molar-refractivity contribution is -0.140. The summed E-state index contributed by atoms with van der Waals surface area (Å²) in [5, 5.41) is 11.3. The van der Waals surface area contributed by atoms with E-state index in [-0.39, 0.29) is 17.9 Å². The number of hydrogen-bond acceptors (Lipinski definition) is 6. The maximum absolute atomic E-state index is 13.3. The highest BCUT2D eigenvalue weighted by atomic mass is 16.5. The zero-order chi connectivity index (χ0) is 25.8. The largest absolute Gasteiger partial charge is 0.507 e. The van der Waals surface area contributed by atoms with Crippen molar-refractivity contribution in [2.75, 3.05) is 7.11 Å². The van der Waals surface area contributed by atoms with Crippen LogP contribution >= 0.6 is 0 Å². The molecule has 7 nitrogen and oxygen atoms in total. The van der Waals surface area contributed by atoms with Crippen LogP contribution in [-0.2, 0) is 16.1 Å². The predicted molar refractivity (Wildman–Crippen MR) is 138 cm³/mol. The minimum absolute atomic E-state index is 0.00829. The van der Waals surface area contributed by atoms with E-state index in [1.54, 1.807) is 66.9 Å². The number of benzene rings is 3. The molecule has 184 valence electrons. The molecule has 5 rings (SSSR count). The van der Waals surface area contributed by atoms with Gasteiger partial charge in [0.2, 0.25) is 0 Å². The molecule has 7 heteroatoms. The van der Waals surface area contributed by atoms with Crippen LogP contribution in [0.1, 0.15) is 22.9 Å². The third-order valence-corrected chi connectivity index (χ3v) is 6.09. The van der Waals surface area contributed by atoms with Crippen molar-refractivity contribution in [1.82, 2.24) is 9.88 Å². The van der Waals surface area contributed by atoms with E-state index in [1.165, 1.54) is 12.0 Å². The smallest absolute Gasteiger partial charge is 0.296 e. The van der Waals surface area contributed by atoms with E-state index in [1.807, 2.05) is 36.4 Å². The molecule has 1 fully saturated rings. The van der Waals surface area contributed by atoms with E-state index in [2.05, 4.69) is 4.98 Å². The Kier molecular flexibility index (Phi) is 6.68. The van der Waals surface area contributed by atoms with Crippen molar-refractivity contribution in [3.63, 3.8) is 0 Å². The molecule has 3 aromatic carbocycles. The first-order valence-electron chi connectivity index (χ1n) is 11.7. The maximum Gasteiger partial charge on any atom is 0.296 e. The number of ketones is 1. The Morgan fingerprint density at radius 2 is 1.59 bits per heavy atom. The minimum atomic E-state index is -0.854. The molecule has 0 saturated carbocycles. The molecule has 1 atom stereocenters. The van der Waals surface area contributed by atoms with Gasteiger partial charge in [-0.15, -0.1) is 0 Å². The number of aliphatic hydroxyl groups is 1. The maximum atomic E-state index is 13.3. The summed E-state index contributed by atoms with van der Waals surface area (Å²) in [4.78, 5) is 32.4. The summed E-state index contributed by atoms with van der Waals surface area (Å²) in [6.45, 7) is 0.0920. The van der Waals surface area contributed by atoms with Crippen LogP contribution in [0.2, 0.25) is 0 Å². The van der Waals surface area contributed by atoms with Crippen LogP contribution in [0.15, 0.2) is 109 Å². The number of carbonyl (C=O) groups is 2. The van der Waals surface area contributed by atoms with Gasteiger partial charge in [-0.1, -0.05) is 48.5 Å². The summed E-state index contributed by atoms with van der Waals surface area (Å²) >= 11 is 0. The van der Waals surface area contributed by atoms with Gasteiger partial charge in [-0.25, -0.2) is 0 Å². The number of pyridine rings is 1. The lowest BCUT2D eigenvalue weighted by Gasteiger charge is -2.25. The van der Waals surface area contributed by atoms with Gasteiger partial charge in [0, 0.05) is 11.8 Å². The Morgan fingerprint density at radius 3 is 2.35 bits per heavy atom. The lowest BCUT2D eigenvalue weighted by Crippen LogP contribution is -2.29. The third kappa shape index (κ3) is 4.92. The van der Waals surface area contributed by atoms with E-state index in [4.69, 9.17) is 9.47 Å². The van der Waals surface area contributed by atoms with Crippen molar-refractivity contribution in [3.05, 3.63) is 126 Å². The van der Waals surface area contributed by atoms with Crippen LogP contribution in [0.25, 0.3) is 5.76 Å². The first-order chi connectivity index (χ1) is 18.0. The molecular formula is C30H24N2O5. The molecule has 0 spiro atoms. The van der Waals surface area contributed by atoms with Gasteiger partial charge in [0.1, 0.15) is 23.0 Å². The standard InChI is InChI=1S/C30H24N2O5/c1-36-24-14-8-10-21(18-24)28(33)26-27(32(30(35)29(26)34)19-22-11-5-6-16-31-22)20-9-7-15-25(17-20)37-23-12-3-2-4-13-23/h2-18,27,33H,19H2,1H3/b28-26-. The zero-order valence-corrected chi connectivity index (χ0v) is 20.1. The molecule has 0 aliphatic carbocycles. The van der Waals surface area contributed by atoms with Crippen molar-refractivity contribution >= 4 is 17.4 Å². The second-order valence-electron chi connectivity index (χ2n) is 8.47. The van der Waals surface area contributed by atoms with Gasteiger partial charge in [-0.3, -0.25) is 14.6 Å². The van der Waals surface area contributed by atoms with E-state index >= 15 is 0 Å². The number of nitrogens with zero attached hydrogens (tertiary/aromatic N) is 2. The number of Topliss-reactive ketones (excluding diaryl/α,β-unsaturated/α-hetero) is 1. The Labute approximate surface area is 214 Å².